The van der Waals surface area contributed by atoms with Crippen LogP contribution < -0.4 is 5.32 Å². The van der Waals surface area contributed by atoms with Crippen molar-refractivity contribution in [3.63, 3.8) is 0 Å². The molecule has 2 aliphatic rings. The van der Waals surface area contributed by atoms with Gasteiger partial charge >= 0.3 is 5.97 Å². The normalized spacial score (nSPS) is 22.6. The SMILES string of the molecule is CC(C)C(c1ccc(C(=O)NCCC(=O)O)cc1)N1CC(c2ccc(F)cc2)=NC12CCC(C(C)(C)C)CC2. The molecule has 1 aliphatic carbocycles. The molecule has 2 N–H and O–H groups in total. The van der Waals surface area contributed by atoms with Gasteiger partial charge in [0.1, 0.15) is 11.5 Å². The second kappa shape index (κ2) is 11.6. The van der Waals surface area contributed by atoms with Crippen LogP contribution >= 0.6 is 0 Å². The van der Waals surface area contributed by atoms with E-state index in [1.54, 1.807) is 0 Å². The number of rotatable bonds is 8. The molecule has 1 amide bonds. The number of carbonyl (C=O) groups excluding carboxylic acids is 1. The average Bonchev–Trinajstić information content (AvgIpc) is 3.22. The maximum atomic E-state index is 13.7. The van der Waals surface area contributed by atoms with Crippen molar-refractivity contribution in [3.05, 3.63) is 71.0 Å². The average molecular weight is 536 g/mol. The fourth-order valence-electron chi connectivity index (χ4n) is 6.30. The van der Waals surface area contributed by atoms with E-state index in [4.69, 9.17) is 10.1 Å². The van der Waals surface area contributed by atoms with E-state index in [1.165, 1.54) is 12.1 Å². The van der Waals surface area contributed by atoms with Crippen LogP contribution in [0.25, 0.3) is 0 Å². The number of carboxylic acids is 1. The fourth-order valence-corrected chi connectivity index (χ4v) is 6.30. The molecule has 1 spiro atoms. The Hall–Kier alpha value is -3.06. The van der Waals surface area contributed by atoms with Gasteiger partial charge in [-0.25, -0.2) is 4.39 Å². The molecule has 6 nitrogen and oxygen atoms in total. The van der Waals surface area contributed by atoms with Gasteiger partial charge in [-0.1, -0.05) is 58.9 Å². The summed E-state index contributed by atoms with van der Waals surface area (Å²) in [5, 5.41) is 11.5. The van der Waals surface area contributed by atoms with Crippen molar-refractivity contribution in [1.82, 2.24) is 10.2 Å². The highest BCUT2D eigenvalue weighted by molar-refractivity contribution is 6.03. The third-order valence-electron chi connectivity index (χ3n) is 8.49. The Morgan fingerprint density at radius 3 is 2.23 bits per heavy atom. The zero-order valence-corrected chi connectivity index (χ0v) is 23.8. The van der Waals surface area contributed by atoms with Gasteiger partial charge in [-0.05, 0) is 78.3 Å². The summed E-state index contributed by atoms with van der Waals surface area (Å²) in [5.74, 6) is -0.527. The molecule has 1 fully saturated rings. The number of aliphatic carboxylic acids is 1. The number of hydrogen-bond acceptors (Lipinski definition) is 4. The van der Waals surface area contributed by atoms with E-state index in [0.717, 1.165) is 42.5 Å². The molecular weight excluding hydrogens is 493 g/mol. The van der Waals surface area contributed by atoms with Crippen molar-refractivity contribution in [3.8, 4) is 0 Å². The minimum Gasteiger partial charge on any atom is -0.481 e. The van der Waals surface area contributed by atoms with Crippen molar-refractivity contribution in [2.24, 2.45) is 22.2 Å². The van der Waals surface area contributed by atoms with Gasteiger partial charge in [-0.15, -0.1) is 0 Å². The smallest absolute Gasteiger partial charge is 0.305 e. The number of nitrogens with one attached hydrogen (secondary N) is 1. The molecule has 0 saturated heterocycles. The highest BCUT2D eigenvalue weighted by Crippen LogP contribution is 2.49. The molecule has 2 aromatic rings. The Kier molecular flexibility index (Phi) is 8.60. The number of hydrogen-bond donors (Lipinski definition) is 2. The summed E-state index contributed by atoms with van der Waals surface area (Å²) in [5.41, 5.74) is 3.55. The Labute approximate surface area is 231 Å². The first kappa shape index (κ1) is 28.9. The van der Waals surface area contributed by atoms with Gasteiger partial charge in [0, 0.05) is 24.7 Å². The first-order valence-corrected chi connectivity index (χ1v) is 14.1. The van der Waals surface area contributed by atoms with E-state index in [9.17, 15) is 14.0 Å². The molecule has 1 heterocycles. The quantitative estimate of drug-likeness (QED) is 0.406. The zero-order chi connectivity index (χ0) is 28.4. The van der Waals surface area contributed by atoms with Crippen LogP contribution in [0.15, 0.2) is 53.5 Å². The van der Waals surface area contributed by atoms with Crippen LogP contribution in [0.2, 0.25) is 0 Å². The van der Waals surface area contributed by atoms with E-state index in [1.807, 2.05) is 36.4 Å². The topological polar surface area (TPSA) is 82.0 Å². The van der Waals surface area contributed by atoms with E-state index in [2.05, 4.69) is 44.8 Å². The number of carbonyl (C=O) groups is 2. The van der Waals surface area contributed by atoms with Gasteiger partial charge in [0.2, 0.25) is 0 Å². The van der Waals surface area contributed by atoms with Crippen LogP contribution in [0.3, 0.4) is 0 Å². The first-order valence-electron chi connectivity index (χ1n) is 14.1. The molecule has 0 aromatic heterocycles. The minimum absolute atomic E-state index is 0.0852. The van der Waals surface area contributed by atoms with E-state index in [0.29, 0.717) is 23.9 Å². The number of nitrogens with zero attached hydrogens (tertiary/aromatic N) is 2. The van der Waals surface area contributed by atoms with Crippen molar-refractivity contribution in [2.75, 3.05) is 13.1 Å². The Bertz CT molecular complexity index is 1190. The molecule has 0 bridgehead atoms. The minimum atomic E-state index is -0.941. The van der Waals surface area contributed by atoms with Crippen molar-refractivity contribution in [1.29, 1.82) is 0 Å². The lowest BCUT2D eigenvalue weighted by Crippen LogP contribution is -2.50. The third-order valence-corrected chi connectivity index (χ3v) is 8.49. The van der Waals surface area contributed by atoms with Crippen molar-refractivity contribution >= 4 is 17.6 Å². The largest absolute Gasteiger partial charge is 0.481 e. The van der Waals surface area contributed by atoms with Gasteiger partial charge in [0.05, 0.1) is 12.1 Å². The predicted octanol–water partition coefficient (Wildman–Crippen LogP) is 6.46. The standard InChI is InChI=1S/C32H42FN3O3/c1-21(2)29(23-6-8-24(9-7-23)30(39)34-19-16-28(37)38)36-20-27(22-10-12-26(33)13-11-22)35-32(36)17-14-25(15-18-32)31(3,4)5/h6-13,21,25,29H,14-20H2,1-5H3,(H,34,39)(H,37,38). The number of benzene rings is 2. The third kappa shape index (κ3) is 6.57. The molecule has 0 radical (unpaired) electrons. The van der Waals surface area contributed by atoms with Crippen LogP contribution in [0.1, 0.15) is 94.2 Å². The molecule has 1 unspecified atom stereocenters. The lowest BCUT2D eigenvalue weighted by molar-refractivity contribution is -0.136. The zero-order valence-electron chi connectivity index (χ0n) is 23.8. The molecule has 4 rings (SSSR count). The lowest BCUT2D eigenvalue weighted by Gasteiger charge is -2.48. The number of aliphatic imine (C=N–C) groups is 1. The molecule has 1 aliphatic heterocycles. The van der Waals surface area contributed by atoms with E-state index >= 15 is 0 Å². The molecule has 1 saturated carbocycles. The second-order valence-corrected chi connectivity index (χ2v) is 12.5. The predicted molar refractivity (Wildman–Crippen MR) is 152 cm³/mol. The Morgan fingerprint density at radius 2 is 1.69 bits per heavy atom. The summed E-state index contributed by atoms with van der Waals surface area (Å²) in [4.78, 5) is 31.2. The van der Waals surface area contributed by atoms with Gasteiger partial charge in [-0.2, -0.15) is 0 Å². The summed E-state index contributed by atoms with van der Waals surface area (Å²) in [7, 11) is 0. The van der Waals surface area contributed by atoms with Crippen molar-refractivity contribution in [2.45, 2.75) is 78.4 Å². The monoisotopic (exact) mass is 535 g/mol. The second-order valence-electron chi connectivity index (χ2n) is 12.5. The fraction of sp³-hybridized carbons (Fsp3) is 0.531. The lowest BCUT2D eigenvalue weighted by atomic mass is 9.69. The summed E-state index contributed by atoms with van der Waals surface area (Å²) in [6.45, 7) is 12.2. The summed E-state index contributed by atoms with van der Waals surface area (Å²) in [6, 6.07) is 14.4. The maximum absolute atomic E-state index is 13.7. The van der Waals surface area contributed by atoms with Crippen LogP contribution in [-0.2, 0) is 4.79 Å². The number of carboxylic acid groups (broad SMARTS) is 1. The van der Waals surface area contributed by atoms with Crippen LogP contribution in [0.4, 0.5) is 4.39 Å². The van der Waals surface area contributed by atoms with Crippen LogP contribution in [-0.4, -0.2) is 46.3 Å². The first-order chi connectivity index (χ1) is 18.4. The number of amides is 1. The molecule has 1 atom stereocenters. The maximum Gasteiger partial charge on any atom is 0.305 e. The summed E-state index contributed by atoms with van der Waals surface area (Å²) < 4.78 is 13.7. The van der Waals surface area contributed by atoms with Gasteiger partial charge in [0.25, 0.3) is 5.91 Å². The van der Waals surface area contributed by atoms with Crippen molar-refractivity contribution < 1.29 is 19.1 Å². The van der Waals surface area contributed by atoms with E-state index < -0.39 is 5.97 Å². The highest BCUT2D eigenvalue weighted by atomic mass is 19.1. The molecule has 39 heavy (non-hydrogen) atoms. The van der Waals surface area contributed by atoms with E-state index in [-0.39, 0.29) is 41.8 Å². The van der Waals surface area contributed by atoms with Crippen LogP contribution in [0.5, 0.6) is 0 Å². The molecule has 2 aromatic carbocycles. The highest BCUT2D eigenvalue weighted by Gasteiger charge is 2.49. The summed E-state index contributed by atoms with van der Waals surface area (Å²) >= 11 is 0. The molecule has 210 valence electrons. The number of halogens is 1. The van der Waals surface area contributed by atoms with Gasteiger partial charge < -0.3 is 10.4 Å². The Balaban J connectivity index is 1.62. The van der Waals surface area contributed by atoms with Crippen LogP contribution in [0, 0.1) is 23.1 Å². The Morgan fingerprint density at radius 1 is 1.08 bits per heavy atom. The summed E-state index contributed by atoms with van der Waals surface area (Å²) in [6.07, 6.45) is 4.07. The molecular formula is C32H42FN3O3. The van der Waals surface area contributed by atoms with Gasteiger partial charge in [0.15, 0.2) is 0 Å². The molecule has 7 heteroatoms. The van der Waals surface area contributed by atoms with Gasteiger partial charge in [-0.3, -0.25) is 19.5 Å².